The molecule has 1 amide bonds. The van der Waals surface area contributed by atoms with Gasteiger partial charge in [0.2, 0.25) is 0 Å². The molecule has 0 saturated carbocycles. The summed E-state index contributed by atoms with van der Waals surface area (Å²) in [5.74, 6) is 0.335. The summed E-state index contributed by atoms with van der Waals surface area (Å²) in [6.45, 7) is 1.55. The Bertz CT molecular complexity index is 629. The lowest BCUT2D eigenvalue weighted by atomic mass is 9.91. The quantitative estimate of drug-likeness (QED) is 0.860. The number of aryl methyl sites for hydroxylation is 1. The number of halogens is 1. The van der Waals surface area contributed by atoms with Crippen LogP contribution in [0.1, 0.15) is 35.3 Å². The summed E-state index contributed by atoms with van der Waals surface area (Å²) in [6.07, 6.45) is 3.77. The summed E-state index contributed by atoms with van der Waals surface area (Å²) in [7, 11) is 0. The second-order valence-electron chi connectivity index (χ2n) is 5.76. The lowest BCUT2D eigenvalue weighted by Crippen LogP contribution is -2.40. The number of nitrogens with zero attached hydrogens (tertiary/aromatic N) is 2. The maximum absolute atomic E-state index is 13.7. The fourth-order valence-corrected chi connectivity index (χ4v) is 3.55. The van der Waals surface area contributed by atoms with Crippen molar-refractivity contribution in [3.05, 3.63) is 52.2 Å². The van der Waals surface area contributed by atoms with Gasteiger partial charge in [0, 0.05) is 18.5 Å². The molecule has 1 aromatic carbocycles. The number of hydrogen-bond donors (Lipinski definition) is 0. The van der Waals surface area contributed by atoms with E-state index in [-0.39, 0.29) is 11.7 Å². The number of hydrogen-bond acceptors (Lipinski definition) is 3. The van der Waals surface area contributed by atoms with Gasteiger partial charge in [-0.25, -0.2) is 9.37 Å². The molecule has 1 fully saturated rings. The minimum Gasteiger partial charge on any atom is -0.337 e. The zero-order valence-corrected chi connectivity index (χ0v) is 13.2. The Morgan fingerprint density at radius 2 is 2.27 bits per heavy atom. The Labute approximate surface area is 133 Å². The van der Waals surface area contributed by atoms with Gasteiger partial charge in [0.25, 0.3) is 5.91 Å². The Morgan fingerprint density at radius 1 is 1.41 bits per heavy atom. The lowest BCUT2D eigenvalue weighted by molar-refractivity contribution is 0.0663. The molecule has 1 aromatic heterocycles. The standard InChI is InChI=1S/C17H19FN2OS/c18-15-6-2-1-5-14(15)8-7-13-4-3-9-20(10-13)17(21)16-11-22-12-19-16/h1-2,5-6,11-13H,3-4,7-10H2/t13-/m1/s1. The first-order valence-electron chi connectivity index (χ1n) is 7.65. The van der Waals surface area contributed by atoms with Crippen LogP contribution in [0, 0.1) is 11.7 Å². The van der Waals surface area contributed by atoms with Gasteiger partial charge in [0.15, 0.2) is 0 Å². The monoisotopic (exact) mass is 318 g/mol. The third-order valence-electron chi connectivity index (χ3n) is 4.24. The number of carbonyl (C=O) groups excluding carboxylic acids is 1. The molecule has 3 nitrogen and oxygen atoms in total. The zero-order chi connectivity index (χ0) is 15.4. The van der Waals surface area contributed by atoms with Crippen molar-refractivity contribution in [2.45, 2.75) is 25.7 Å². The number of likely N-dealkylation sites (tertiary alicyclic amines) is 1. The van der Waals surface area contributed by atoms with E-state index in [0.717, 1.165) is 44.3 Å². The highest BCUT2D eigenvalue weighted by Gasteiger charge is 2.25. The van der Waals surface area contributed by atoms with Gasteiger partial charge in [-0.2, -0.15) is 0 Å². The topological polar surface area (TPSA) is 33.2 Å². The van der Waals surface area contributed by atoms with Crippen LogP contribution in [0.25, 0.3) is 0 Å². The maximum Gasteiger partial charge on any atom is 0.273 e. The van der Waals surface area contributed by atoms with Crippen molar-refractivity contribution in [3.63, 3.8) is 0 Å². The molecule has 0 bridgehead atoms. The van der Waals surface area contributed by atoms with Crippen LogP contribution >= 0.6 is 11.3 Å². The van der Waals surface area contributed by atoms with Crippen molar-refractivity contribution < 1.29 is 9.18 Å². The average molecular weight is 318 g/mol. The molecule has 0 unspecified atom stereocenters. The van der Waals surface area contributed by atoms with E-state index in [1.54, 1.807) is 17.0 Å². The molecular formula is C17H19FN2OS. The van der Waals surface area contributed by atoms with Crippen LogP contribution in [0.5, 0.6) is 0 Å². The Balaban J connectivity index is 1.57. The molecule has 0 spiro atoms. The van der Waals surface area contributed by atoms with Crippen molar-refractivity contribution in [1.82, 2.24) is 9.88 Å². The summed E-state index contributed by atoms with van der Waals surface area (Å²) in [5.41, 5.74) is 3.00. The van der Waals surface area contributed by atoms with Gasteiger partial charge in [-0.3, -0.25) is 4.79 Å². The highest BCUT2D eigenvalue weighted by molar-refractivity contribution is 7.07. The third kappa shape index (κ3) is 3.53. The predicted octanol–water partition coefficient (Wildman–Crippen LogP) is 3.77. The van der Waals surface area contributed by atoms with Gasteiger partial charge in [-0.05, 0) is 43.2 Å². The van der Waals surface area contributed by atoms with Crippen LogP contribution in [0.2, 0.25) is 0 Å². The third-order valence-corrected chi connectivity index (χ3v) is 4.82. The van der Waals surface area contributed by atoms with Crippen molar-refractivity contribution in [1.29, 1.82) is 0 Å². The van der Waals surface area contributed by atoms with Gasteiger partial charge in [0.05, 0.1) is 5.51 Å². The molecule has 1 saturated heterocycles. The van der Waals surface area contributed by atoms with Crippen molar-refractivity contribution in [3.8, 4) is 0 Å². The number of thiazole rings is 1. The van der Waals surface area contributed by atoms with Gasteiger partial charge in [-0.15, -0.1) is 11.3 Å². The molecule has 0 N–H and O–H groups in total. The van der Waals surface area contributed by atoms with E-state index in [0.29, 0.717) is 11.6 Å². The van der Waals surface area contributed by atoms with E-state index in [9.17, 15) is 9.18 Å². The normalized spacial score (nSPS) is 18.4. The van der Waals surface area contributed by atoms with Crippen molar-refractivity contribution in [2.24, 2.45) is 5.92 Å². The predicted molar refractivity (Wildman–Crippen MR) is 85.5 cm³/mol. The second-order valence-corrected chi connectivity index (χ2v) is 6.48. The first kappa shape index (κ1) is 15.2. The molecule has 1 aliphatic rings. The summed E-state index contributed by atoms with van der Waals surface area (Å²) in [6, 6.07) is 6.94. The Morgan fingerprint density at radius 3 is 3.05 bits per heavy atom. The molecular weight excluding hydrogens is 299 g/mol. The molecule has 22 heavy (non-hydrogen) atoms. The van der Waals surface area contributed by atoms with Crippen LogP contribution in [0.15, 0.2) is 35.2 Å². The molecule has 5 heteroatoms. The molecule has 2 aromatic rings. The second kappa shape index (κ2) is 7.01. The van der Waals surface area contributed by atoms with Crippen LogP contribution in [-0.4, -0.2) is 28.9 Å². The van der Waals surface area contributed by atoms with Crippen molar-refractivity contribution >= 4 is 17.2 Å². The maximum atomic E-state index is 13.7. The van der Waals surface area contributed by atoms with Gasteiger partial charge < -0.3 is 4.90 Å². The molecule has 1 atom stereocenters. The molecule has 116 valence electrons. The van der Waals surface area contributed by atoms with E-state index in [2.05, 4.69) is 4.98 Å². The number of carbonyl (C=O) groups is 1. The minimum absolute atomic E-state index is 0.0249. The summed E-state index contributed by atoms with van der Waals surface area (Å²) >= 11 is 1.44. The molecule has 3 rings (SSSR count). The van der Waals surface area contributed by atoms with Gasteiger partial charge in [-0.1, -0.05) is 18.2 Å². The van der Waals surface area contributed by atoms with E-state index >= 15 is 0 Å². The first-order valence-corrected chi connectivity index (χ1v) is 8.59. The molecule has 1 aliphatic heterocycles. The van der Waals surface area contributed by atoms with Crippen LogP contribution in [0.3, 0.4) is 0 Å². The molecule has 2 heterocycles. The van der Waals surface area contributed by atoms with Crippen LogP contribution in [-0.2, 0) is 6.42 Å². The number of rotatable bonds is 4. The number of amides is 1. The molecule has 0 aliphatic carbocycles. The van der Waals surface area contributed by atoms with E-state index in [4.69, 9.17) is 0 Å². The largest absolute Gasteiger partial charge is 0.337 e. The van der Waals surface area contributed by atoms with Gasteiger partial charge >= 0.3 is 0 Å². The highest BCUT2D eigenvalue weighted by atomic mass is 32.1. The summed E-state index contributed by atoms with van der Waals surface area (Å²) < 4.78 is 13.7. The smallest absolute Gasteiger partial charge is 0.273 e. The number of piperidine rings is 1. The van der Waals surface area contributed by atoms with E-state index in [1.807, 2.05) is 17.0 Å². The van der Waals surface area contributed by atoms with Gasteiger partial charge in [0.1, 0.15) is 11.5 Å². The Kier molecular flexibility index (Phi) is 4.83. The Hall–Kier alpha value is -1.75. The highest BCUT2D eigenvalue weighted by Crippen LogP contribution is 2.23. The number of aromatic nitrogens is 1. The van der Waals surface area contributed by atoms with Crippen molar-refractivity contribution in [2.75, 3.05) is 13.1 Å². The fraction of sp³-hybridized carbons (Fsp3) is 0.412. The van der Waals surface area contributed by atoms with E-state index < -0.39 is 0 Å². The summed E-state index contributed by atoms with van der Waals surface area (Å²) in [5, 5.41) is 1.80. The summed E-state index contributed by atoms with van der Waals surface area (Å²) in [4.78, 5) is 18.3. The van der Waals surface area contributed by atoms with E-state index in [1.165, 1.54) is 17.4 Å². The molecule has 0 radical (unpaired) electrons. The number of benzene rings is 1. The lowest BCUT2D eigenvalue weighted by Gasteiger charge is -2.32. The zero-order valence-electron chi connectivity index (χ0n) is 12.4. The average Bonchev–Trinajstić information content (AvgIpc) is 3.08. The first-order chi connectivity index (χ1) is 10.7. The van der Waals surface area contributed by atoms with Crippen LogP contribution in [0.4, 0.5) is 4.39 Å². The fourth-order valence-electron chi connectivity index (χ4n) is 3.03. The SMILES string of the molecule is O=C(c1cscn1)N1CCC[C@H](CCc2ccccc2F)C1. The minimum atomic E-state index is -0.131. The van der Waals surface area contributed by atoms with Crippen LogP contribution < -0.4 is 0 Å².